The van der Waals surface area contributed by atoms with Crippen molar-refractivity contribution in [2.75, 3.05) is 19.7 Å². The van der Waals surface area contributed by atoms with Gasteiger partial charge in [0.25, 0.3) is 0 Å². The minimum absolute atomic E-state index is 0.217. The van der Waals surface area contributed by atoms with Gasteiger partial charge in [-0.05, 0) is 6.92 Å². The fraction of sp³-hybridized carbons (Fsp3) is 0.385. The van der Waals surface area contributed by atoms with Gasteiger partial charge in [0, 0.05) is 30.9 Å². The molecule has 19 heavy (non-hydrogen) atoms. The maximum absolute atomic E-state index is 11.5. The van der Waals surface area contributed by atoms with Crippen molar-refractivity contribution in [3.05, 3.63) is 36.1 Å². The number of carbonyl (C=O) groups is 1. The largest absolute Gasteiger partial charge is 0.465 e. The molecule has 0 bridgehead atoms. The Labute approximate surface area is 116 Å². The summed E-state index contributed by atoms with van der Waals surface area (Å²) < 4.78 is 6.94. The quantitative estimate of drug-likeness (QED) is 0.574. The van der Waals surface area contributed by atoms with Crippen LogP contribution in [0.15, 0.2) is 30.4 Å². The molecule has 102 valence electrons. The molecule has 6 heteroatoms. The minimum atomic E-state index is -0.217. The molecule has 0 unspecified atom stereocenters. The molecule has 0 aromatic carbocycles. The summed E-state index contributed by atoms with van der Waals surface area (Å²) in [4.78, 5) is 18.9. The molecule has 2 rings (SSSR count). The van der Waals surface area contributed by atoms with Crippen molar-refractivity contribution in [1.82, 2.24) is 14.3 Å². The highest BCUT2D eigenvalue weighted by molar-refractivity contribution is 7.15. The van der Waals surface area contributed by atoms with Crippen LogP contribution in [0, 0.1) is 0 Å². The average Bonchev–Trinajstić information content (AvgIpc) is 2.90. The van der Waals surface area contributed by atoms with Crippen LogP contribution in [-0.4, -0.2) is 40.0 Å². The lowest BCUT2D eigenvalue weighted by molar-refractivity contribution is -0.144. The zero-order chi connectivity index (χ0) is 13.7. The van der Waals surface area contributed by atoms with E-state index < -0.39 is 0 Å². The van der Waals surface area contributed by atoms with Gasteiger partial charge in [-0.2, -0.15) is 0 Å². The van der Waals surface area contributed by atoms with Crippen molar-refractivity contribution < 1.29 is 9.53 Å². The lowest BCUT2D eigenvalue weighted by Gasteiger charge is -2.18. The zero-order valence-corrected chi connectivity index (χ0v) is 11.7. The summed E-state index contributed by atoms with van der Waals surface area (Å²) >= 11 is 1.59. The highest BCUT2D eigenvalue weighted by Crippen LogP contribution is 2.12. The van der Waals surface area contributed by atoms with Crippen LogP contribution in [0.4, 0.5) is 0 Å². The molecule has 0 aliphatic heterocycles. The molecule has 0 aliphatic carbocycles. The molecular formula is C13H17N3O2S. The number of hydrogen-bond donors (Lipinski definition) is 0. The highest BCUT2D eigenvalue weighted by atomic mass is 32.1. The molecule has 2 aromatic rings. The Morgan fingerprint density at radius 1 is 1.68 bits per heavy atom. The first-order chi connectivity index (χ1) is 9.22. The van der Waals surface area contributed by atoms with Gasteiger partial charge < -0.3 is 4.74 Å². The third-order valence-corrected chi connectivity index (χ3v) is 3.34. The van der Waals surface area contributed by atoms with Crippen molar-refractivity contribution in [3.63, 3.8) is 0 Å². The van der Waals surface area contributed by atoms with Crippen molar-refractivity contribution in [3.8, 4) is 0 Å². The van der Waals surface area contributed by atoms with E-state index in [1.807, 2.05) is 27.1 Å². The predicted octanol–water partition coefficient (Wildman–Crippen LogP) is 1.95. The number of nitrogens with zero attached hydrogens (tertiary/aromatic N) is 3. The van der Waals surface area contributed by atoms with E-state index in [1.54, 1.807) is 24.3 Å². The van der Waals surface area contributed by atoms with Crippen molar-refractivity contribution >= 4 is 22.3 Å². The van der Waals surface area contributed by atoms with Crippen LogP contribution in [0.5, 0.6) is 0 Å². The summed E-state index contributed by atoms with van der Waals surface area (Å²) in [7, 11) is 0. The molecule has 0 aliphatic rings. The molecule has 0 saturated heterocycles. The molecule has 0 spiro atoms. The van der Waals surface area contributed by atoms with Gasteiger partial charge in [-0.3, -0.25) is 14.1 Å². The van der Waals surface area contributed by atoms with E-state index >= 15 is 0 Å². The third-order valence-electron chi connectivity index (χ3n) is 2.57. The summed E-state index contributed by atoms with van der Waals surface area (Å²) in [5.41, 5.74) is 0.943. The van der Waals surface area contributed by atoms with E-state index in [9.17, 15) is 4.79 Å². The Hall–Kier alpha value is -1.66. The Morgan fingerprint density at radius 2 is 2.53 bits per heavy atom. The van der Waals surface area contributed by atoms with Crippen LogP contribution >= 0.6 is 11.3 Å². The Morgan fingerprint density at radius 3 is 3.21 bits per heavy atom. The van der Waals surface area contributed by atoms with Crippen molar-refractivity contribution in [1.29, 1.82) is 0 Å². The number of esters is 1. The molecule has 5 nitrogen and oxygen atoms in total. The molecular weight excluding hydrogens is 262 g/mol. The second kappa shape index (κ2) is 6.49. The molecule has 0 atom stereocenters. The number of aromatic nitrogens is 2. The van der Waals surface area contributed by atoms with Crippen LogP contribution < -0.4 is 0 Å². The van der Waals surface area contributed by atoms with Crippen LogP contribution in [0.25, 0.3) is 4.96 Å². The first-order valence-electron chi connectivity index (χ1n) is 6.13. The van der Waals surface area contributed by atoms with E-state index in [0.29, 0.717) is 19.7 Å². The topological polar surface area (TPSA) is 46.8 Å². The smallest absolute Gasteiger partial charge is 0.320 e. The summed E-state index contributed by atoms with van der Waals surface area (Å²) in [6.07, 6.45) is 5.73. The van der Waals surface area contributed by atoms with Gasteiger partial charge >= 0.3 is 5.97 Å². The number of carbonyl (C=O) groups excluding carboxylic acids is 1. The standard InChI is InChI=1S/C13H17N3O2S/c1-3-5-15(10-12(17)18-4-2)8-11-9-16-6-7-19-13(16)14-11/h3,6-7,9H,1,4-5,8,10H2,2H3. The normalized spacial score (nSPS) is 11.1. The molecule has 0 amide bonds. The Kier molecular flexibility index (Phi) is 4.70. The Bertz CT molecular complexity index is 532. The number of fused-ring (bicyclic) bond motifs is 1. The summed E-state index contributed by atoms with van der Waals surface area (Å²) in [6.45, 7) is 7.41. The average molecular weight is 279 g/mol. The fourth-order valence-corrected chi connectivity index (χ4v) is 2.56. The number of rotatable bonds is 7. The second-order valence-electron chi connectivity index (χ2n) is 4.09. The molecule has 0 radical (unpaired) electrons. The van der Waals surface area contributed by atoms with E-state index in [0.717, 1.165) is 10.7 Å². The molecule has 2 aromatic heterocycles. The van der Waals surface area contributed by atoms with Gasteiger partial charge in [-0.15, -0.1) is 17.9 Å². The number of ether oxygens (including phenoxy) is 1. The first kappa shape index (κ1) is 13.8. The van der Waals surface area contributed by atoms with Gasteiger partial charge in [-0.25, -0.2) is 4.98 Å². The summed E-state index contributed by atoms with van der Waals surface area (Å²) in [5, 5.41) is 1.99. The predicted molar refractivity (Wildman–Crippen MR) is 75.2 cm³/mol. The zero-order valence-electron chi connectivity index (χ0n) is 10.9. The third kappa shape index (κ3) is 3.65. The maximum atomic E-state index is 11.5. The Balaban J connectivity index is 2.01. The number of thiazole rings is 1. The van der Waals surface area contributed by atoms with Crippen molar-refractivity contribution in [2.45, 2.75) is 13.5 Å². The SMILES string of the molecule is C=CCN(CC(=O)OCC)Cc1cn2ccsc2n1. The fourth-order valence-electron chi connectivity index (χ4n) is 1.84. The van der Waals surface area contributed by atoms with Gasteiger partial charge in [0.05, 0.1) is 18.8 Å². The lowest BCUT2D eigenvalue weighted by Crippen LogP contribution is -2.31. The van der Waals surface area contributed by atoms with Crippen molar-refractivity contribution in [2.24, 2.45) is 0 Å². The summed E-state index contributed by atoms with van der Waals surface area (Å²) in [6, 6.07) is 0. The lowest BCUT2D eigenvalue weighted by atomic mass is 10.4. The maximum Gasteiger partial charge on any atom is 0.320 e. The monoisotopic (exact) mass is 279 g/mol. The molecule has 0 N–H and O–H groups in total. The first-order valence-corrected chi connectivity index (χ1v) is 7.01. The van der Waals surface area contributed by atoms with E-state index in [2.05, 4.69) is 11.6 Å². The van der Waals surface area contributed by atoms with E-state index in [4.69, 9.17) is 4.74 Å². The van der Waals surface area contributed by atoms with Gasteiger partial charge in [0.2, 0.25) is 0 Å². The molecule has 0 fully saturated rings. The van der Waals surface area contributed by atoms with Gasteiger partial charge in [0.15, 0.2) is 4.96 Å². The van der Waals surface area contributed by atoms with Gasteiger partial charge in [0.1, 0.15) is 0 Å². The highest BCUT2D eigenvalue weighted by Gasteiger charge is 2.13. The van der Waals surface area contributed by atoms with Gasteiger partial charge in [-0.1, -0.05) is 6.08 Å². The summed E-state index contributed by atoms with van der Waals surface area (Å²) in [5.74, 6) is -0.217. The number of hydrogen-bond acceptors (Lipinski definition) is 5. The van der Waals surface area contributed by atoms with Crippen LogP contribution in [0.1, 0.15) is 12.6 Å². The number of imidazole rings is 1. The molecule has 2 heterocycles. The van der Waals surface area contributed by atoms with Crippen LogP contribution in [0.2, 0.25) is 0 Å². The van der Waals surface area contributed by atoms with E-state index in [-0.39, 0.29) is 12.5 Å². The molecule has 0 saturated carbocycles. The van der Waals surface area contributed by atoms with Crippen LogP contribution in [0.3, 0.4) is 0 Å². The van der Waals surface area contributed by atoms with E-state index in [1.165, 1.54) is 0 Å². The second-order valence-corrected chi connectivity index (χ2v) is 4.96. The van der Waals surface area contributed by atoms with Crippen LogP contribution in [-0.2, 0) is 16.1 Å². The minimum Gasteiger partial charge on any atom is -0.465 e.